The molecule has 1 atom stereocenters. The van der Waals surface area contributed by atoms with Gasteiger partial charge in [0.1, 0.15) is 0 Å². The molecule has 0 spiro atoms. The maximum atomic E-state index is 12.9. The second kappa shape index (κ2) is 6.18. The van der Waals surface area contributed by atoms with Gasteiger partial charge in [-0.05, 0) is 49.9 Å². The van der Waals surface area contributed by atoms with Crippen LogP contribution in [0.15, 0.2) is 65.5 Å². The smallest absolute Gasteiger partial charge is 0.161 e. The predicted octanol–water partition coefficient (Wildman–Crippen LogP) is 5.56. The quantitative estimate of drug-likeness (QED) is 0.718. The third-order valence-electron chi connectivity index (χ3n) is 5.49. The average molecular weight is 331 g/mol. The second-order valence-corrected chi connectivity index (χ2v) is 7.45. The highest BCUT2D eigenvalue weighted by molar-refractivity contribution is 6.00. The molecule has 128 valence electrons. The van der Waals surface area contributed by atoms with Gasteiger partial charge in [0, 0.05) is 35.3 Å². The fourth-order valence-electron chi connectivity index (χ4n) is 4.55. The van der Waals surface area contributed by atoms with Crippen LogP contribution in [0, 0.1) is 0 Å². The van der Waals surface area contributed by atoms with E-state index in [1.807, 2.05) is 0 Å². The zero-order valence-corrected chi connectivity index (χ0v) is 15.3. The summed E-state index contributed by atoms with van der Waals surface area (Å²) >= 11 is 0. The number of carbonyl (C=O) groups excluding carboxylic acids is 1. The molecule has 2 heteroatoms. The lowest BCUT2D eigenvalue weighted by Gasteiger charge is -2.41. The highest BCUT2D eigenvalue weighted by Gasteiger charge is 2.35. The molecule has 1 aliphatic heterocycles. The number of hydrogen-bond donors (Lipinski definition) is 0. The summed E-state index contributed by atoms with van der Waals surface area (Å²) in [7, 11) is 0. The maximum Gasteiger partial charge on any atom is 0.161 e. The van der Waals surface area contributed by atoms with Gasteiger partial charge in [0.2, 0.25) is 0 Å². The SMILES string of the molecule is CC1=CC(c2cccc3ccccc23)C2=C(CCCC2=O)N1C(C)C. The van der Waals surface area contributed by atoms with E-state index in [1.165, 1.54) is 27.7 Å². The molecule has 0 N–H and O–H groups in total. The zero-order chi connectivity index (χ0) is 17.6. The first-order chi connectivity index (χ1) is 12.1. The third kappa shape index (κ3) is 2.60. The standard InChI is InChI=1S/C23H25NO/c1-15(2)24-16(3)14-20(23-21(24)12-7-13-22(23)25)19-11-6-9-17-8-4-5-10-18(17)19/h4-6,8-11,14-15,20H,7,12-13H2,1-3H3. The number of benzene rings is 2. The molecule has 0 saturated carbocycles. The Labute approximate surface area is 149 Å². The van der Waals surface area contributed by atoms with Crippen molar-refractivity contribution in [2.24, 2.45) is 0 Å². The molecule has 0 aromatic heterocycles. The minimum Gasteiger partial charge on any atom is -0.346 e. The molecule has 4 rings (SSSR count). The van der Waals surface area contributed by atoms with Crippen molar-refractivity contribution in [2.45, 2.75) is 52.0 Å². The molecule has 2 nitrogen and oxygen atoms in total. The number of allylic oxidation sites excluding steroid dienone is 4. The van der Waals surface area contributed by atoms with E-state index >= 15 is 0 Å². The lowest BCUT2D eigenvalue weighted by atomic mass is 9.77. The normalized spacial score (nSPS) is 21.0. The minimum absolute atomic E-state index is 0.0731. The molecule has 25 heavy (non-hydrogen) atoms. The Morgan fingerprint density at radius 2 is 1.80 bits per heavy atom. The number of Topliss-reactive ketones (excluding diaryl/α,β-unsaturated/α-hetero) is 1. The van der Waals surface area contributed by atoms with Gasteiger partial charge in [-0.2, -0.15) is 0 Å². The Balaban J connectivity index is 1.94. The molecule has 2 aromatic rings. The molecule has 0 amide bonds. The van der Waals surface area contributed by atoms with Gasteiger partial charge in [0.05, 0.1) is 0 Å². The van der Waals surface area contributed by atoms with Gasteiger partial charge >= 0.3 is 0 Å². The Bertz CT molecular complexity index is 898. The maximum absolute atomic E-state index is 12.9. The summed E-state index contributed by atoms with van der Waals surface area (Å²) in [6.07, 6.45) is 4.95. The van der Waals surface area contributed by atoms with Crippen molar-refractivity contribution in [3.05, 3.63) is 71.1 Å². The largest absolute Gasteiger partial charge is 0.346 e. The number of carbonyl (C=O) groups is 1. The summed E-state index contributed by atoms with van der Waals surface area (Å²) in [6, 6.07) is 15.3. The third-order valence-corrected chi connectivity index (χ3v) is 5.49. The molecule has 1 aliphatic carbocycles. The molecule has 0 bridgehead atoms. The van der Waals surface area contributed by atoms with Crippen molar-refractivity contribution < 1.29 is 4.79 Å². The van der Waals surface area contributed by atoms with Gasteiger partial charge in [-0.1, -0.05) is 48.5 Å². The van der Waals surface area contributed by atoms with Crippen LogP contribution in [0.2, 0.25) is 0 Å². The van der Waals surface area contributed by atoms with E-state index in [2.05, 4.69) is 74.2 Å². The summed E-state index contributed by atoms with van der Waals surface area (Å²) in [5.41, 5.74) is 4.80. The number of ketones is 1. The Morgan fingerprint density at radius 1 is 1.04 bits per heavy atom. The topological polar surface area (TPSA) is 20.3 Å². The molecule has 2 aliphatic rings. The first kappa shape index (κ1) is 16.1. The lowest BCUT2D eigenvalue weighted by molar-refractivity contribution is -0.116. The number of hydrogen-bond acceptors (Lipinski definition) is 2. The molecule has 1 unspecified atom stereocenters. The molecular formula is C23H25NO. The van der Waals surface area contributed by atoms with E-state index < -0.39 is 0 Å². The van der Waals surface area contributed by atoms with Crippen LogP contribution in [0.1, 0.15) is 51.5 Å². The molecule has 0 fully saturated rings. The number of fused-ring (bicyclic) bond motifs is 1. The van der Waals surface area contributed by atoms with Gasteiger partial charge in [-0.3, -0.25) is 4.79 Å². The molecular weight excluding hydrogens is 306 g/mol. The summed E-state index contributed by atoms with van der Waals surface area (Å²) in [6.45, 7) is 6.60. The monoisotopic (exact) mass is 331 g/mol. The van der Waals surface area contributed by atoms with Crippen LogP contribution in [0.25, 0.3) is 10.8 Å². The molecule has 0 radical (unpaired) electrons. The number of rotatable bonds is 2. The van der Waals surface area contributed by atoms with Crippen LogP contribution in [0.4, 0.5) is 0 Å². The van der Waals surface area contributed by atoms with Gasteiger partial charge < -0.3 is 4.90 Å². The van der Waals surface area contributed by atoms with Crippen LogP contribution in [0.3, 0.4) is 0 Å². The summed E-state index contributed by atoms with van der Waals surface area (Å²) in [5, 5.41) is 2.49. The first-order valence-electron chi connectivity index (χ1n) is 9.29. The van der Waals surface area contributed by atoms with Crippen LogP contribution in [0.5, 0.6) is 0 Å². The average Bonchev–Trinajstić information content (AvgIpc) is 2.60. The Morgan fingerprint density at radius 3 is 2.60 bits per heavy atom. The van der Waals surface area contributed by atoms with Crippen molar-refractivity contribution in [2.75, 3.05) is 0 Å². The second-order valence-electron chi connectivity index (χ2n) is 7.45. The summed E-state index contributed by atoms with van der Waals surface area (Å²) in [5.74, 6) is 0.400. The van der Waals surface area contributed by atoms with E-state index in [-0.39, 0.29) is 5.92 Å². The number of nitrogens with zero attached hydrogens (tertiary/aromatic N) is 1. The fraction of sp³-hybridized carbons (Fsp3) is 0.348. The Hall–Kier alpha value is -2.35. The van der Waals surface area contributed by atoms with E-state index in [0.717, 1.165) is 18.4 Å². The van der Waals surface area contributed by atoms with Crippen LogP contribution in [-0.2, 0) is 4.79 Å². The van der Waals surface area contributed by atoms with Crippen LogP contribution >= 0.6 is 0 Å². The fourth-order valence-corrected chi connectivity index (χ4v) is 4.55. The van der Waals surface area contributed by atoms with Crippen molar-refractivity contribution in [1.29, 1.82) is 0 Å². The van der Waals surface area contributed by atoms with E-state index in [4.69, 9.17) is 0 Å². The van der Waals surface area contributed by atoms with E-state index in [0.29, 0.717) is 18.2 Å². The molecule has 1 heterocycles. The summed E-state index contributed by atoms with van der Waals surface area (Å²) in [4.78, 5) is 15.3. The molecule has 2 aromatic carbocycles. The van der Waals surface area contributed by atoms with E-state index in [9.17, 15) is 4.79 Å². The van der Waals surface area contributed by atoms with Crippen molar-refractivity contribution >= 4 is 16.6 Å². The minimum atomic E-state index is 0.0731. The van der Waals surface area contributed by atoms with Gasteiger partial charge in [-0.25, -0.2) is 0 Å². The first-order valence-corrected chi connectivity index (χ1v) is 9.29. The van der Waals surface area contributed by atoms with Crippen molar-refractivity contribution in [1.82, 2.24) is 4.90 Å². The highest BCUT2D eigenvalue weighted by atomic mass is 16.1. The van der Waals surface area contributed by atoms with Gasteiger partial charge in [-0.15, -0.1) is 0 Å². The van der Waals surface area contributed by atoms with Crippen LogP contribution in [-0.4, -0.2) is 16.7 Å². The molecule has 0 saturated heterocycles. The summed E-state index contributed by atoms with van der Waals surface area (Å²) < 4.78 is 0. The van der Waals surface area contributed by atoms with Gasteiger partial charge in [0.15, 0.2) is 5.78 Å². The Kier molecular flexibility index (Phi) is 3.99. The predicted molar refractivity (Wildman–Crippen MR) is 103 cm³/mol. The van der Waals surface area contributed by atoms with Gasteiger partial charge in [0.25, 0.3) is 0 Å². The van der Waals surface area contributed by atoms with Crippen molar-refractivity contribution in [3.8, 4) is 0 Å². The van der Waals surface area contributed by atoms with Crippen molar-refractivity contribution in [3.63, 3.8) is 0 Å². The van der Waals surface area contributed by atoms with Crippen LogP contribution < -0.4 is 0 Å². The zero-order valence-electron chi connectivity index (χ0n) is 15.3. The highest BCUT2D eigenvalue weighted by Crippen LogP contribution is 2.44. The lowest BCUT2D eigenvalue weighted by Crippen LogP contribution is -2.36. The van der Waals surface area contributed by atoms with E-state index in [1.54, 1.807) is 0 Å².